The van der Waals surface area contributed by atoms with Crippen LogP contribution in [0.25, 0.3) is 0 Å². The molecule has 6 heteroatoms. The van der Waals surface area contributed by atoms with Crippen LogP contribution in [-0.4, -0.2) is 62.6 Å². The Balaban J connectivity index is 2.24. The summed E-state index contributed by atoms with van der Waals surface area (Å²) < 4.78 is 15.6. The minimum Gasteiger partial charge on any atom is -0.422 e. The molecule has 0 saturated heterocycles. The van der Waals surface area contributed by atoms with E-state index in [0.29, 0.717) is 19.8 Å². The number of carbonyl (C=O) groups excluding carboxylic acids is 1. The van der Waals surface area contributed by atoms with Crippen LogP contribution in [0.3, 0.4) is 0 Å². The predicted octanol–water partition coefficient (Wildman–Crippen LogP) is 1.39. The molecule has 0 fully saturated rings. The Morgan fingerprint density at radius 2 is 2.05 bits per heavy atom. The summed E-state index contributed by atoms with van der Waals surface area (Å²) in [6, 6.07) is 0. The van der Waals surface area contributed by atoms with E-state index in [2.05, 4.69) is 6.92 Å². The minimum absolute atomic E-state index is 0.246. The Kier molecular flexibility index (Phi) is 8.06. The first-order valence-electron chi connectivity index (χ1n) is 7.11. The summed E-state index contributed by atoms with van der Waals surface area (Å²) in [5.41, 5.74) is 0. The third-order valence-corrected chi connectivity index (χ3v) is 3.01. The van der Waals surface area contributed by atoms with Crippen molar-refractivity contribution in [2.45, 2.75) is 32.5 Å². The molecule has 1 atom stereocenters. The standard InChI is InChI=1S/C14H26N2O4/c1-4-5-7-16-9-8-15(2)14(16)20-13(17)6-10-19-12-11-18-3/h8-9,14H,4-7,10-12H2,1-3H3. The Morgan fingerprint density at radius 1 is 1.25 bits per heavy atom. The van der Waals surface area contributed by atoms with E-state index in [0.717, 1.165) is 19.4 Å². The number of methoxy groups -OCH3 is 1. The lowest BCUT2D eigenvalue weighted by Gasteiger charge is -2.29. The molecule has 0 radical (unpaired) electrons. The second-order valence-electron chi connectivity index (χ2n) is 4.73. The lowest BCUT2D eigenvalue weighted by molar-refractivity contribution is -0.168. The highest BCUT2D eigenvalue weighted by Crippen LogP contribution is 2.16. The maximum atomic E-state index is 11.8. The van der Waals surface area contributed by atoms with E-state index in [4.69, 9.17) is 14.2 Å². The van der Waals surface area contributed by atoms with Crippen molar-refractivity contribution >= 4 is 5.97 Å². The summed E-state index contributed by atoms with van der Waals surface area (Å²) in [6.07, 6.45) is 6.00. The van der Waals surface area contributed by atoms with Gasteiger partial charge < -0.3 is 24.0 Å². The lowest BCUT2D eigenvalue weighted by atomic mass is 10.3. The number of ether oxygens (including phenoxy) is 3. The molecule has 0 saturated carbocycles. The van der Waals surface area contributed by atoms with Crippen LogP contribution in [0.2, 0.25) is 0 Å². The summed E-state index contributed by atoms with van der Waals surface area (Å²) in [4.78, 5) is 15.7. The third-order valence-electron chi connectivity index (χ3n) is 3.01. The first kappa shape index (κ1) is 16.8. The molecule has 0 spiro atoms. The average Bonchev–Trinajstić information content (AvgIpc) is 2.77. The maximum absolute atomic E-state index is 11.8. The molecule has 0 aliphatic carbocycles. The van der Waals surface area contributed by atoms with Gasteiger partial charge in [-0.2, -0.15) is 0 Å². The highest BCUT2D eigenvalue weighted by atomic mass is 16.6. The Labute approximate surface area is 121 Å². The smallest absolute Gasteiger partial charge is 0.311 e. The summed E-state index contributed by atoms with van der Waals surface area (Å²) in [5.74, 6) is -0.246. The normalized spacial score (nSPS) is 17.9. The van der Waals surface area contributed by atoms with Crippen LogP contribution in [0.1, 0.15) is 26.2 Å². The highest BCUT2D eigenvalue weighted by molar-refractivity contribution is 5.69. The topological polar surface area (TPSA) is 51.2 Å². The van der Waals surface area contributed by atoms with Crippen LogP contribution < -0.4 is 0 Å². The molecular weight excluding hydrogens is 260 g/mol. The monoisotopic (exact) mass is 286 g/mol. The number of rotatable bonds is 10. The van der Waals surface area contributed by atoms with Crippen LogP contribution in [0.5, 0.6) is 0 Å². The van der Waals surface area contributed by atoms with Crippen LogP contribution in [0.15, 0.2) is 12.4 Å². The Hall–Kier alpha value is -1.27. The van der Waals surface area contributed by atoms with Gasteiger partial charge in [-0.15, -0.1) is 0 Å². The van der Waals surface area contributed by atoms with Gasteiger partial charge in [-0.25, -0.2) is 0 Å². The fourth-order valence-electron chi connectivity index (χ4n) is 1.82. The number of hydrogen-bond donors (Lipinski definition) is 0. The largest absolute Gasteiger partial charge is 0.422 e. The van der Waals surface area contributed by atoms with E-state index in [1.807, 2.05) is 29.2 Å². The first-order valence-corrected chi connectivity index (χ1v) is 7.11. The molecule has 20 heavy (non-hydrogen) atoms. The predicted molar refractivity (Wildman–Crippen MR) is 75.7 cm³/mol. The Morgan fingerprint density at radius 3 is 2.75 bits per heavy atom. The molecule has 0 aromatic rings. The van der Waals surface area contributed by atoms with Gasteiger partial charge in [0.2, 0.25) is 0 Å². The second-order valence-corrected chi connectivity index (χ2v) is 4.73. The second kappa shape index (κ2) is 9.61. The van der Waals surface area contributed by atoms with E-state index < -0.39 is 0 Å². The number of esters is 1. The fourth-order valence-corrected chi connectivity index (χ4v) is 1.82. The summed E-state index contributed by atoms with van der Waals surface area (Å²) in [6.45, 7) is 4.43. The molecule has 1 aliphatic heterocycles. The van der Waals surface area contributed by atoms with Gasteiger partial charge >= 0.3 is 5.97 Å². The molecule has 116 valence electrons. The van der Waals surface area contributed by atoms with Crippen molar-refractivity contribution < 1.29 is 19.0 Å². The van der Waals surface area contributed by atoms with Crippen molar-refractivity contribution in [3.63, 3.8) is 0 Å². The van der Waals surface area contributed by atoms with Crippen molar-refractivity contribution in [3.05, 3.63) is 12.4 Å². The molecular formula is C14H26N2O4. The summed E-state index contributed by atoms with van der Waals surface area (Å²) in [7, 11) is 3.51. The molecule has 1 heterocycles. The van der Waals surface area contributed by atoms with Crippen molar-refractivity contribution in [1.82, 2.24) is 9.80 Å². The maximum Gasteiger partial charge on any atom is 0.311 e. The van der Waals surface area contributed by atoms with Crippen LogP contribution in [0.4, 0.5) is 0 Å². The zero-order valence-electron chi connectivity index (χ0n) is 12.7. The first-order chi connectivity index (χ1) is 9.69. The van der Waals surface area contributed by atoms with E-state index >= 15 is 0 Å². The molecule has 0 N–H and O–H groups in total. The van der Waals surface area contributed by atoms with E-state index in [1.165, 1.54) is 0 Å². The van der Waals surface area contributed by atoms with E-state index in [9.17, 15) is 4.79 Å². The number of hydrogen-bond acceptors (Lipinski definition) is 6. The van der Waals surface area contributed by atoms with E-state index in [1.54, 1.807) is 7.11 Å². The molecule has 1 unspecified atom stereocenters. The number of unbranched alkanes of at least 4 members (excludes halogenated alkanes) is 1. The van der Waals surface area contributed by atoms with Crippen LogP contribution >= 0.6 is 0 Å². The average molecular weight is 286 g/mol. The van der Waals surface area contributed by atoms with Gasteiger partial charge in [-0.05, 0) is 6.42 Å². The van der Waals surface area contributed by atoms with Gasteiger partial charge in [0.05, 0.1) is 26.2 Å². The summed E-state index contributed by atoms with van der Waals surface area (Å²) in [5, 5.41) is 0. The quantitative estimate of drug-likeness (QED) is 0.447. The molecule has 0 bridgehead atoms. The van der Waals surface area contributed by atoms with Gasteiger partial charge in [0.25, 0.3) is 6.35 Å². The Bertz CT molecular complexity index is 310. The van der Waals surface area contributed by atoms with Gasteiger partial charge in [0.15, 0.2) is 0 Å². The van der Waals surface area contributed by atoms with Gasteiger partial charge in [-0.1, -0.05) is 13.3 Å². The zero-order chi connectivity index (χ0) is 14.8. The molecule has 1 aliphatic rings. The molecule has 0 aromatic carbocycles. The SMILES string of the molecule is CCCCN1C=CN(C)C1OC(=O)CCOCCOC. The fraction of sp³-hybridized carbons (Fsp3) is 0.786. The van der Waals surface area contributed by atoms with Crippen LogP contribution in [0, 0.1) is 0 Å². The molecule has 0 aromatic heterocycles. The molecule has 1 rings (SSSR count). The third kappa shape index (κ3) is 5.79. The van der Waals surface area contributed by atoms with Crippen molar-refractivity contribution in [2.24, 2.45) is 0 Å². The lowest BCUT2D eigenvalue weighted by Crippen LogP contribution is -2.41. The van der Waals surface area contributed by atoms with Gasteiger partial charge in [0, 0.05) is 33.1 Å². The van der Waals surface area contributed by atoms with Gasteiger partial charge in [0.1, 0.15) is 0 Å². The zero-order valence-corrected chi connectivity index (χ0v) is 12.7. The van der Waals surface area contributed by atoms with E-state index in [-0.39, 0.29) is 18.7 Å². The van der Waals surface area contributed by atoms with Gasteiger partial charge in [-0.3, -0.25) is 4.79 Å². The summed E-state index contributed by atoms with van der Waals surface area (Å²) >= 11 is 0. The number of carbonyl (C=O) groups is 1. The molecule has 6 nitrogen and oxygen atoms in total. The minimum atomic E-state index is -0.326. The van der Waals surface area contributed by atoms with Crippen molar-refractivity contribution in [1.29, 1.82) is 0 Å². The van der Waals surface area contributed by atoms with Crippen molar-refractivity contribution in [3.8, 4) is 0 Å². The van der Waals surface area contributed by atoms with Crippen molar-refractivity contribution in [2.75, 3.05) is 40.5 Å². The number of nitrogens with zero attached hydrogens (tertiary/aromatic N) is 2. The van der Waals surface area contributed by atoms with Crippen LogP contribution in [-0.2, 0) is 19.0 Å². The molecule has 0 amide bonds. The highest BCUT2D eigenvalue weighted by Gasteiger charge is 2.26.